The Morgan fingerprint density at radius 2 is 2.07 bits per heavy atom. The summed E-state index contributed by atoms with van der Waals surface area (Å²) in [5, 5.41) is 13.6. The zero-order valence-electron chi connectivity index (χ0n) is 16.7. The molecule has 1 N–H and O–H groups in total. The Labute approximate surface area is 183 Å². The van der Waals surface area contributed by atoms with E-state index in [1.807, 2.05) is 24.3 Å². The van der Waals surface area contributed by atoms with Crippen molar-refractivity contribution in [3.8, 4) is 17.2 Å². The van der Waals surface area contributed by atoms with Crippen molar-refractivity contribution in [3.63, 3.8) is 0 Å². The molecule has 4 rings (SSSR count). The fraction of sp³-hybridized carbons (Fsp3) is 0.381. The number of likely N-dealkylation sites (tertiary alicyclic amines) is 1. The summed E-state index contributed by atoms with van der Waals surface area (Å²) in [5.41, 5.74) is 0.809. The summed E-state index contributed by atoms with van der Waals surface area (Å²) in [6, 6.07) is 11.8. The molecule has 158 valence electrons. The predicted octanol–water partition coefficient (Wildman–Crippen LogP) is 3.85. The first-order valence-corrected chi connectivity index (χ1v) is 11.7. The number of thiophene rings is 1. The van der Waals surface area contributed by atoms with Gasteiger partial charge in [-0.2, -0.15) is 0 Å². The van der Waals surface area contributed by atoms with Gasteiger partial charge in [0.15, 0.2) is 0 Å². The molecule has 9 heteroatoms. The highest BCUT2D eigenvalue weighted by molar-refractivity contribution is 7.99. The molecular weight excluding hydrogens is 420 g/mol. The van der Waals surface area contributed by atoms with Gasteiger partial charge >= 0.3 is 0 Å². The molecule has 1 fully saturated rings. The second-order valence-electron chi connectivity index (χ2n) is 6.97. The SMILES string of the molecule is COc1ccc(-c2nnc(SCC(=O)NCC(c3cccs3)N3CCCC3)o2)cc1. The molecule has 0 bridgehead atoms. The topological polar surface area (TPSA) is 80.5 Å². The minimum Gasteiger partial charge on any atom is -0.497 e. The van der Waals surface area contributed by atoms with Crippen LogP contribution in [0.15, 0.2) is 51.4 Å². The van der Waals surface area contributed by atoms with Gasteiger partial charge in [-0.05, 0) is 61.6 Å². The molecule has 3 heterocycles. The minimum atomic E-state index is -0.0371. The van der Waals surface area contributed by atoms with E-state index in [0.29, 0.717) is 17.7 Å². The zero-order valence-corrected chi connectivity index (χ0v) is 18.4. The smallest absolute Gasteiger partial charge is 0.277 e. The van der Waals surface area contributed by atoms with Crippen LogP contribution in [-0.4, -0.2) is 53.5 Å². The molecule has 1 amide bonds. The lowest BCUT2D eigenvalue weighted by atomic mass is 10.2. The van der Waals surface area contributed by atoms with Gasteiger partial charge in [-0.15, -0.1) is 21.5 Å². The Kier molecular flexibility index (Phi) is 7.03. The van der Waals surface area contributed by atoms with Crippen LogP contribution in [0.4, 0.5) is 0 Å². The minimum absolute atomic E-state index is 0.0371. The van der Waals surface area contributed by atoms with Gasteiger partial charge in [-0.25, -0.2) is 0 Å². The molecule has 1 aromatic carbocycles. The van der Waals surface area contributed by atoms with E-state index in [-0.39, 0.29) is 17.7 Å². The van der Waals surface area contributed by atoms with Crippen LogP contribution in [-0.2, 0) is 4.79 Å². The quantitative estimate of drug-likeness (QED) is 0.502. The summed E-state index contributed by atoms with van der Waals surface area (Å²) < 4.78 is 10.8. The van der Waals surface area contributed by atoms with Crippen LogP contribution < -0.4 is 10.1 Å². The maximum absolute atomic E-state index is 12.4. The molecular formula is C21H24N4O3S2. The fourth-order valence-electron chi connectivity index (χ4n) is 3.45. The van der Waals surface area contributed by atoms with Gasteiger partial charge < -0.3 is 14.5 Å². The van der Waals surface area contributed by atoms with E-state index in [0.717, 1.165) is 24.4 Å². The Bertz CT molecular complexity index is 938. The van der Waals surface area contributed by atoms with Crippen LogP contribution >= 0.6 is 23.1 Å². The molecule has 1 unspecified atom stereocenters. The van der Waals surface area contributed by atoms with Crippen LogP contribution in [0.1, 0.15) is 23.8 Å². The van der Waals surface area contributed by atoms with Gasteiger partial charge in [0.05, 0.1) is 18.9 Å². The van der Waals surface area contributed by atoms with E-state index in [1.54, 1.807) is 18.4 Å². The molecule has 30 heavy (non-hydrogen) atoms. The van der Waals surface area contributed by atoms with Crippen LogP contribution in [0, 0.1) is 0 Å². The monoisotopic (exact) mass is 444 g/mol. The van der Waals surface area contributed by atoms with Crippen LogP contribution in [0.5, 0.6) is 5.75 Å². The Balaban J connectivity index is 1.28. The molecule has 1 atom stereocenters. The standard InChI is InChI=1S/C21H24N4O3S2/c1-27-16-8-6-15(7-9-16)20-23-24-21(28-20)30-14-19(26)22-13-17(18-5-4-12-29-18)25-10-2-3-11-25/h4-9,12,17H,2-3,10-11,13-14H2,1H3,(H,22,26). The maximum Gasteiger partial charge on any atom is 0.277 e. The number of carbonyl (C=O) groups is 1. The first-order valence-electron chi connectivity index (χ1n) is 9.88. The lowest BCUT2D eigenvalue weighted by molar-refractivity contribution is -0.118. The highest BCUT2D eigenvalue weighted by Gasteiger charge is 2.24. The largest absolute Gasteiger partial charge is 0.497 e. The van der Waals surface area contributed by atoms with E-state index in [9.17, 15) is 4.79 Å². The second-order valence-corrected chi connectivity index (χ2v) is 8.87. The molecule has 0 radical (unpaired) electrons. The normalized spacial score (nSPS) is 15.2. The third kappa shape index (κ3) is 5.21. The second kappa shape index (κ2) is 10.1. The maximum atomic E-state index is 12.4. The Hall–Kier alpha value is -2.36. The van der Waals surface area contributed by atoms with Gasteiger partial charge in [-0.3, -0.25) is 9.69 Å². The number of benzene rings is 1. The number of rotatable bonds is 9. The van der Waals surface area contributed by atoms with Crippen LogP contribution in [0.3, 0.4) is 0 Å². The third-order valence-electron chi connectivity index (χ3n) is 5.02. The third-order valence-corrected chi connectivity index (χ3v) is 6.81. The summed E-state index contributed by atoms with van der Waals surface area (Å²) in [5.74, 6) is 1.39. The summed E-state index contributed by atoms with van der Waals surface area (Å²) in [7, 11) is 1.62. The molecule has 1 saturated heterocycles. The highest BCUT2D eigenvalue weighted by atomic mass is 32.2. The number of ether oxygens (including phenoxy) is 1. The number of carbonyl (C=O) groups excluding carboxylic acids is 1. The van der Waals surface area contributed by atoms with E-state index in [1.165, 1.54) is 29.5 Å². The van der Waals surface area contributed by atoms with Crippen LogP contribution in [0.2, 0.25) is 0 Å². The van der Waals surface area contributed by atoms with Crippen molar-refractivity contribution in [1.29, 1.82) is 0 Å². The molecule has 3 aromatic rings. The van der Waals surface area contributed by atoms with Gasteiger partial charge in [0, 0.05) is 17.0 Å². The van der Waals surface area contributed by atoms with Gasteiger partial charge in [0.2, 0.25) is 11.8 Å². The molecule has 7 nitrogen and oxygen atoms in total. The number of hydrogen-bond acceptors (Lipinski definition) is 8. The van der Waals surface area contributed by atoms with Crippen molar-refractivity contribution >= 4 is 29.0 Å². The van der Waals surface area contributed by atoms with E-state index < -0.39 is 0 Å². The average Bonchev–Trinajstić information content (AvgIpc) is 3.56. The van der Waals surface area contributed by atoms with E-state index in [4.69, 9.17) is 9.15 Å². The number of thioether (sulfide) groups is 1. The first-order chi connectivity index (χ1) is 14.7. The van der Waals surface area contributed by atoms with Crippen molar-refractivity contribution in [2.24, 2.45) is 0 Å². The fourth-order valence-corrected chi connectivity index (χ4v) is 4.90. The number of nitrogens with one attached hydrogen (secondary N) is 1. The van der Waals surface area contributed by atoms with Crippen molar-refractivity contribution in [1.82, 2.24) is 20.4 Å². The van der Waals surface area contributed by atoms with Crippen molar-refractivity contribution in [2.75, 3.05) is 32.5 Å². The number of amides is 1. The average molecular weight is 445 g/mol. The molecule has 0 saturated carbocycles. The number of nitrogens with zero attached hydrogens (tertiary/aromatic N) is 3. The number of hydrogen-bond donors (Lipinski definition) is 1. The summed E-state index contributed by atoms with van der Waals surface area (Å²) >= 11 is 2.99. The highest BCUT2D eigenvalue weighted by Crippen LogP contribution is 2.28. The van der Waals surface area contributed by atoms with E-state index in [2.05, 4.69) is 37.9 Å². The molecule has 1 aliphatic heterocycles. The first kappa shape index (κ1) is 20.9. The molecule has 0 spiro atoms. The predicted molar refractivity (Wildman–Crippen MR) is 118 cm³/mol. The molecule has 1 aliphatic rings. The van der Waals surface area contributed by atoms with Gasteiger partial charge in [0.25, 0.3) is 5.22 Å². The van der Waals surface area contributed by atoms with Gasteiger partial charge in [0.1, 0.15) is 5.75 Å². The summed E-state index contributed by atoms with van der Waals surface area (Å²) in [6.07, 6.45) is 2.44. The van der Waals surface area contributed by atoms with Gasteiger partial charge in [-0.1, -0.05) is 17.8 Å². The zero-order chi connectivity index (χ0) is 20.8. The van der Waals surface area contributed by atoms with Crippen LogP contribution in [0.25, 0.3) is 11.5 Å². The number of methoxy groups -OCH3 is 1. The lowest BCUT2D eigenvalue weighted by Gasteiger charge is -2.26. The van der Waals surface area contributed by atoms with E-state index >= 15 is 0 Å². The summed E-state index contributed by atoms with van der Waals surface area (Å²) in [4.78, 5) is 16.2. The molecule has 2 aromatic heterocycles. The Morgan fingerprint density at radius 1 is 1.27 bits per heavy atom. The van der Waals surface area contributed by atoms with Crippen molar-refractivity contribution < 1.29 is 13.9 Å². The lowest BCUT2D eigenvalue weighted by Crippen LogP contribution is -2.37. The molecule has 0 aliphatic carbocycles. The Morgan fingerprint density at radius 3 is 2.77 bits per heavy atom. The van der Waals surface area contributed by atoms with Crippen molar-refractivity contribution in [2.45, 2.75) is 24.1 Å². The summed E-state index contributed by atoms with van der Waals surface area (Å²) in [6.45, 7) is 2.79. The van der Waals surface area contributed by atoms with Crippen molar-refractivity contribution in [3.05, 3.63) is 46.7 Å². The number of aromatic nitrogens is 2.